The number of hydrogen-bond donors (Lipinski definition) is 0. The summed E-state index contributed by atoms with van der Waals surface area (Å²) in [6, 6.07) is 12.4. The number of pyridine rings is 1. The van der Waals surface area contributed by atoms with Crippen LogP contribution in [0.4, 0.5) is 0 Å². The largest absolute Gasteiger partial charge is 0.369 e. The van der Waals surface area contributed by atoms with Gasteiger partial charge in [0.25, 0.3) is 0 Å². The van der Waals surface area contributed by atoms with E-state index in [-0.39, 0.29) is 6.10 Å². The van der Waals surface area contributed by atoms with Crippen LogP contribution in [-0.2, 0) is 17.8 Å². The Hall–Kier alpha value is -1.38. The number of aromatic nitrogens is 1. The number of benzene rings is 1. The quantitative estimate of drug-likeness (QED) is 0.777. The summed E-state index contributed by atoms with van der Waals surface area (Å²) in [6.45, 7) is 0.585. The Balaban J connectivity index is 1.71. The summed E-state index contributed by atoms with van der Waals surface area (Å²) in [5.74, 6) is 0. The Morgan fingerprint density at radius 1 is 1.26 bits per heavy atom. The highest BCUT2D eigenvalue weighted by atomic mass is 35.5. The first-order valence-electron chi connectivity index (χ1n) is 6.63. The lowest BCUT2D eigenvalue weighted by Gasteiger charge is -2.25. The molecule has 1 aromatic heterocycles. The maximum Gasteiger partial charge on any atom is 0.129 e. The van der Waals surface area contributed by atoms with Gasteiger partial charge in [-0.05, 0) is 48.1 Å². The molecule has 0 saturated carbocycles. The molecule has 1 aliphatic rings. The molecule has 0 aliphatic heterocycles. The van der Waals surface area contributed by atoms with Gasteiger partial charge in [0.2, 0.25) is 0 Å². The second kappa shape index (κ2) is 5.72. The highest BCUT2D eigenvalue weighted by Gasteiger charge is 2.20. The first-order valence-corrected chi connectivity index (χ1v) is 7.00. The van der Waals surface area contributed by atoms with Crippen molar-refractivity contribution in [3.8, 4) is 0 Å². The maximum absolute atomic E-state index is 6.06. The Kier molecular flexibility index (Phi) is 3.81. The van der Waals surface area contributed by atoms with Crippen molar-refractivity contribution < 1.29 is 4.74 Å². The predicted molar refractivity (Wildman–Crippen MR) is 76.2 cm³/mol. The lowest BCUT2D eigenvalue weighted by molar-refractivity contribution is 0.0282. The van der Waals surface area contributed by atoms with Crippen molar-refractivity contribution in [2.45, 2.75) is 32.0 Å². The Labute approximate surface area is 118 Å². The van der Waals surface area contributed by atoms with Crippen molar-refractivity contribution in [2.75, 3.05) is 0 Å². The Morgan fingerprint density at radius 2 is 2.16 bits per heavy atom. The van der Waals surface area contributed by atoms with E-state index in [1.807, 2.05) is 12.1 Å². The summed E-state index contributed by atoms with van der Waals surface area (Å²) in [5, 5.41) is 0.519. The van der Waals surface area contributed by atoms with Crippen molar-refractivity contribution >= 4 is 11.6 Å². The van der Waals surface area contributed by atoms with E-state index in [1.165, 1.54) is 17.5 Å². The molecule has 0 spiro atoms. The van der Waals surface area contributed by atoms with E-state index in [9.17, 15) is 0 Å². The molecule has 3 heteroatoms. The number of ether oxygens (including phenoxy) is 1. The highest BCUT2D eigenvalue weighted by molar-refractivity contribution is 6.29. The minimum Gasteiger partial charge on any atom is -0.369 e. The molecule has 2 aromatic rings. The first kappa shape index (κ1) is 12.6. The zero-order valence-electron chi connectivity index (χ0n) is 10.7. The van der Waals surface area contributed by atoms with Crippen molar-refractivity contribution in [1.82, 2.24) is 4.98 Å². The van der Waals surface area contributed by atoms with Crippen LogP contribution in [-0.4, -0.2) is 4.98 Å². The van der Waals surface area contributed by atoms with Crippen LogP contribution in [0.25, 0.3) is 0 Å². The zero-order chi connectivity index (χ0) is 13.1. The molecule has 19 heavy (non-hydrogen) atoms. The molecule has 0 saturated heterocycles. The highest BCUT2D eigenvalue weighted by Crippen LogP contribution is 2.32. The molecule has 1 aromatic carbocycles. The van der Waals surface area contributed by atoms with Crippen molar-refractivity contribution in [3.63, 3.8) is 0 Å². The van der Waals surface area contributed by atoms with E-state index in [2.05, 4.69) is 29.2 Å². The van der Waals surface area contributed by atoms with Crippen LogP contribution in [0.2, 0.25) is 5.15 Å². The fourth-order valence-electron chi connectivity index (χ4n) is 2.61. The molecule has 0 N–H and O–H groups in total. The molecule has 0 radical (unpaired) electrons. The van der Waals surface area contributed by atoms with Crippen molar-refractivity contribution in [1.29, 1.82) is 0 Å². The summed E-state index contributed by atoms with van der Waals surface area (Å²) in [7, 11) is 0. The smallest absolute Gasteiger partial charge is 0.129 e. The number of hydrogen-bond acceptors (Lipinski definition) is 2. The van der Waals surface area contributed by atoms with Crippen LogP contribution < -0.4 is 0 Å². The van der Waals surface area contributed by atoms with Gasteiger partial charge in [0.1, 0.15) is 5.15 Å². The van der Waals surface area contributed by atoms with Crippen LogP contribution in [0, 0.1) is 0 Å². The summed E-state index contributed by atoms with van der Waals surface area (Å²) in [4.78, 5) is 3.98. The van der Waals surface area contributed by atoms with Crippen LogP contribution >= 0.6 is 11.6 Å². The minimum absolute atomic E-state index is 0.205. The van der Waals surface area contributed by atoms with E-state index in [1.54, 1.807) is 6.20 Å². The van der Waals surface area contributed by atoms with E-state index in [0.717, 1.165) is 18.4 Å². The van der Waals surface area contributed by atoms with Gasteiger partial charge in [-0.15, -0.1) is 0 Å². The summed E-state index contributed by atoms with van der Waals surface area (Å²) >= 11 is 5.88. The number of fused-ring (bicyclic) bond motifs is 1. The lowest BCUT2D eigenvalue weighted by Crippen LogP contribution is -2.12. The summed E-state index contributed by atoms with van der Waals surface area (Å²) in [5.41, 5.74) is 3.84. The van der Waals surface area contributed by atoms with Gasteiger partial charge >= 0.3 is 0 Å². The SMILES string of the molecule is Clc1cc(COC2CCCc3ccccc32)ccn1. The normalized spacial score (nSPS) is 18.1. The zero-order valence-corrected chi connectivity index (χ0v) is 11.4. The number of rotatable bonds is 3. The van der Waals surface area contributed by atoms with Crippen LogP contribution in [0.5, 0.6) is 0 Å². The van der Waals surface area contributed by atoms with E-state index < -0.39 is 0 Å². The molecule has 1 atom stereocenters. The van der Waals surface area contributed by atoms with Gasteiger partial charge in [-0.1, -0.05) is 35.9 Å². The Morgan fingerprint density at radius 3 is 3.05 bits per heavy atom. The monoisotopic (exact) mass is 273 g/mol. The van der Waals surface area contributed by atoms with Crippen LogP contribution in [0.15, 0.2) is 42.6 Å². The first-order chi connectivity index (χ1) is 9.33. The molecular weight excluding hydrogens is 258 g/mol. The van der Waals surface area contributed by atoms with Crippen LogP contribution in [0.1, 0.15) is 35.6 Å². The van der Waals surface area contributed by atoms with E-state index in [4.69, 9.17) is 16.3 Å². The second-order valence-electron chi connectivity index (χ2n) is 4.88. The van der Waals surface area contributed by atoms with Crippen LogP contribution in [0.3, 0.4) is 0 Å². The fraction of sp³-hybridized carbons (Fsp3) is 0.312. The lowest BCUT2D eigenvalue weighted by atomic mass is 9.89. The average Bonchev–Trinajstić information content (AvgIpc) is 2.45. The summed E-state index contributed by atoms with van der Waals surface area (Å²) in [6.07, 6.45) is 5.37. The number of halogens is 1. The molecule has 1 aliphatic carbocycles. The van der Waals surface area contributed by atoms with Gasteiger partial charge in [0.15, 0.2) is 0 Å². The molecule has 0 bridgehead atoms. The van der Waals surface area contributed by atoms with Gasteiger partial charge in [0, 0.05) is 6.20 Å². The summed E-state index contributed by atoms with van der Waals surface area (Å²) < 4.78 is 6.06. The third-order valence-electron chi connectivity index (χ3n) is 3.56. The van der Waals surface area contributed by atoms with Gasteiger partial charge in [-0.25, -0.2) is 4.98 Å². The molecule has 1 heterocycles. The molecule has 0 fully saturated rings. The third kappa shape index (κ3) is 2.96. The topological polar surface area (TPSA) is 22.1 Å². The molecule has 3 rings (SSSR count). The standard InChI is InChI=1S/C16H16ClNO/c17-16-10-12(8-9-18-16)11-19-15-7-3-5-13-4-1-2-6-14(13)15/h1-2,4,6,8-10,15H,3,5,7,11H2. The molecule has 2 nitrogen and oxygen atoms in total. The fourth-order valence-corrected chi connectivity index (χ4v) is 2.81. The Bertz CT molecular complexity index is 570. The van der Waals surface area contributed by atoms with Gasteiger partial charge in [0.05, 0.1) is 12.7 Å². The van der Waals surface area contributed by atoms with Crippen molar-refractivity contribution in [3.05, 3.63) is 64.4 Å². The second-order valence-corrected chi connectivity index (χ2v) is 5.26. The van der Waals surface area contributed by atoms with E-state index in [0.29, 0.717) is 11.8 Å². The molecule has 1 unspecified atom stereocenters. The van der Waals surface area contributed by atoms with Gasteiger partial charge < -0.3 is 4.74 Å². The molecule has 0 amide bonds. The molecular formula is C16H16ClNO. The maximum atomic E-state index is 6.06. The minimum atomic E-state index is 0.205. The third-order valence-corrected chi connectivity index (χ3v) is 3.76. The predicted octanol–water partition coefficient (Wildman–Crippen LogP) is 4.33. The van der Waals surface area contributed by atoms with Crippen molar-refractivity contribution in [2.24, 2.45) is 0 Å². The number of aryl methyl sites for hydroxylation is 1. The number of nitrogens with zero attached hydrogens (tertiary/aromatic N) is 1. The molecule has 98 valence electrons. The van der Waals surface area contributed by atoms with Gasteiger partial charge in [-0.2, -0.15) is 0 Å². The van der Waals surface area contributed by atoms with E-state index >= 15 is 0 Å². The van der Waals surface area contributed by atoms with Gasteiger partial charge in [-0.3, -0.25) is 0 Å². The average molecular weight is 274 g/mol.